The number of allylic oxidation sites excluding steroid dienone is 4. The lowest BCUT2D eigenvalue weighted by molar-refractivity contribution is -0.113. The third kappa shape index (κ3) is 7.53. The molecule has 0 amide bonds. The first-order valence-corrected chi connectivity index (χ1v) is 20.8. The van der Waals surface area contributed by atoms with Crippen LogP contribution in [0.2, 0.25) is 0 Å². The first-order chi connectivity index (χ1) is 22.7. The lowest BCUT2D eigenvalue weighted by Crippen LogP contribution is -2.53. The van der Waals surface area contributed by atoms with Gasteiger partial charge >= 0.3 is 0 Å². The monoisotopic (exact) mass is 623 g/mol. The molecule has 0 aromatic heterocycles. The first-order valence-electron chi connectivity index (χ1n) is 20.8. The smallest absolute Gasteiger partial charge is 0.223 e. The maximum absolute atomic E-state index is 9.27. The van der Waals surface area contributed by atoms with Crippen LogP contribution in [0.1, 0.15) is 154 Å². The zero-order valence-electron chi connectivity index (χ0n) is 29.3. The SMILES string of the molecule is [C-]#[N+]C1CCC(/C=C/C2CCC(C3C4CCCCC4C(C4CCC(/C=C/C5CCC(C#N)CC5)CC4)C4CCCCC43)CC2)CC1. The predicted molar refractivity (Wildman–Crippen MR) is 190 cm³/mol. The Balaban J connectivity index is 0.962. The van der Waals surface area contributed by atoms with E-state index in [1.807, 2.05) is 0 Å². The van der Waals surface area contributed by atoms with Gasteiger partial charge < -0.3 is 4.85 Å². The molecule has 0 aromatic rings. The van der Waals surface area contributed by atoms with Crippen molar-refractivity contribution in [1.29, 1.82) is 5.26 Å². The first kappa shape index (κ1) is 33.0. The molecule has 0 N–H and O–H groups in total. The van der Waals surface area contributed by atoms with Gasteiger partial charge in [-0.15, -0.1) is 0 Å². The Morgan fingerprint density at radius 2 is 0.761 bits per heavy atom. The molecule has 252 valence electrons. The quantitative estimate of drug-likeness (QED) is 0.214. The van der Waals surface area contributed by atoms with Crippen molar-refractivity contribution in [3.05, 3.63) is 35.7 Å². The molecule has 46 heavy (non-hydrogen) atoms. The van der Waals surface area contributed by atoms with Crippen LogP contribution in [-0.4, -0.2) is 6.04 Å². The van der Waals surface area contributed by atoms with Crippen LogP contribution in [0.3, 0.4) is 0 Å². The molecule has 7 aliphatic carbocycles. The van der Waals surface area contributed by atoms with Gasteiger partial charge in [0.1, 0.15) is 0 Å². The van der Waals surface area contributed by atoms with Crippen molar-refractivity contribution in [2.75, 3.05) is 0 Å². The normalized spacial score (nSPS) is 47.0. The average Bonchev–Trinajstić information content (AvgIpc) is 3.13. The molecule has 7 aliphatic rings. The van der Waals surface area contributed by atoms with Gasteiger partial charge in [-0.3, -0.25) is 0 Å². The summed E-state index contributed by atoms with van der Waals surface area (Å²) in [6, 6.07) is 2.82. The molecule has 0 saturated heterocycles. The Labute approximate surface area is 283 Å². The van der Waals surface area contributed by atoms with Crippen LogP contribution >= 0.6 is 0 Å². The number of hydrogen-bond acceptors (Lipinski definition) is 1. The molecular formula is C44H66N2. The lowest BCUT2D eigenvalue weighted by atomic mass is 9.45. The van der Waals surface area contributed by atoms with Crippen molar-refractivity contribution in [2.24, 2.45) is 76.9 Å². The largest absolute Gasteiger partial charge is 0.314 e. The molecule has 0 spiro atoms. The summed E-state index contributed by atoms with van der Waals surface area (Å²) in [5, 5.41) is 9.27. The highest BCUT2D eigenvalue weighted by Gasteiger charge is 2.54. The number of rotatable bonds is 6. The van der Waals surface area contributed by atoms with Gasteiger partial charge in [0, 0.05) is 18.8 Å². The van der Waals surface area contributed by atoms with Crippen molar-refractivity contribution < 1.29 is 0 Å². The zero-order chi connectivity index (χ0) is 31.3. The standard InChI is InChI=1S/C44H66N2/c1-46-38-28-22-34(23-29-38)13-12-33-20-26-37(27-21-33)44-41-8-4-2-6-39(41)43(40-7-3-5-9-42(40)44)36-24-18-32(19-25-36)11-10-31-14-16-35(30-45)17-15-31/h10-13,31-44H,2-9,14-29H2/b11-10+,13-12+. The van der Waals surface area contributed by atoms with Gasteiger partial charge in [-0.1, -0.05) is 50.0 Å². The van der Waals surface area contributed by atoms with E-state index in [1.165, 1.54) is 103 Å². The second-order valence-corrected chi connectivity index (χ2v) is 17.9. The van der Waals surface area contributed by atoms with Gasteiger partial charge in [-0.2, -0.15) is 5.26 Å². The summed E-state index contributed by atoms with van der Waals surface area (Å²) in [5.74, 6) is 11.8. The number of hydrogen-bond donors (Lipinski definition) is 0. The highest BCUT2D eigenvalue weighted by molar-refractivity contribution is 5.06. The number of fused-ring (bicyclic) bond motifs is 2. The summed E-state index contributed by atoms with van der Waals surface area (Å²) in [6.07, 6.45) is 44.1. The third-order valence-corrected chi connectivity index (χ3v) is 15.6. The van der Waals surface area contributed by atoms with Crippen molar-refractivity contribution in [3.8, 4) is 6.07 Å². The number of nitriles is 1. The summed E-state index contributed by atoms with van der Waals surface area (Å²) in [6.45, 7) is 7.36. The van der Waals surface area contributed by atoms with E-state index in [1.54, 1.807) is 25.7 Å². The second-order valence-electron chi connectivity index (χ2n) is 17.9. The van der Waals surface area contributed by atoms with Gasteiger partial charge in [-0.05, 0) is 187 Å². The summed E-state index contributed by atoms with van der Waals surface area (Å²) in [7, 11) is 0. The minimum absolute atomic E-state index is 0.311. The Bertz CT molecular complexity index is 978. The van der Waals surface area contributed by atoms with Gasteiger partial charge in [0.05, 0.1) is 6.07 Å². The average molecular weight is 623 g/mol. The highest BCUT2D eigenvalue weighted by Crippen LogP contribution is 2.62. The fourth-order valence-corrected chi connectivity index (χ4v) is 13.3. The summed E-state index contributed by atoms with van der Waals surface area (Å²) in [4.78, 5) is 3.82. The lowest BCUT2D eigenvalue weighted by Gasteiger charge is -2.60. The van der Waals surface area contributed by atoms with Crippen LogP contribution in [0.15, 0.2) is 24.3 Å². The predicted octanol–water partition coefficient (Wildman–Crippen LogP) is 12.4. The molecule has 0 aromatic carbocycles. The Morgan fingerprint density at radius 1 is 0.435 bits per heavy atom. The topological polar surface area (TPSA) is 28.1 Å². The fourth-order valence-electron chi connectivity index (χ4n) is 13.3. The van der Waals surface area contributed by atoms with E-state index in [4.69, 9.17) is 6.57 Å². The highest BCUT2D eigenvalue weighted by atomic mass is 14.7. The number of nitrogens with zero attached hydrogens (tertiary/aromatic N) is 2. The van der Waals surface area contributed by atoms with E-state index in [0.717, 1.165) is 96.7 Å². The molecule has 4 unspecified atom stereocenters. The van der Waals surface area contributed by atoms with E-state index >= 15 is 0 Å². The van der Waals surface area contributed by atoms with Crippen molar-refractivity contribution >= 4 is 0 Å². The van der Waals surface area contributed by atoms with Crippen molar-refractivity contribution in [3.63, 3.8) is 0 Å². The molecule has 2 heteroatoms. The van der Waals surface area contributed by atoms with E-state index in [0.29, 0.717) is 12.0 Å². The van der Waals surface area contributed by atoms with Crippen molar-refractivity contribution in [1.82, 2.24) is 0 Å². The van der Waals surface area contributed by atoms with Crippen LogP contribution in [0, 0.1) is 94.8 Å². The molecule has 4 atom stereocenters. The van der Waals surface area contributed by atoms with Crippen molar-refractivity contribution in [2.45, 2.75) is 160 Å². The third-order valence-electron chi connectivity index (χ3n) is 15.6. The molecule has 7 saturated carbocycles. The van der Waals surface area contributed by atoms with E-state index in [-0.39, 0.29) is 0 Å². The van der Waals surface area contributed by atoms with Crippen LogP contribution in [0.4, 0.5) is 0 Å². The molecule has 7 fully saturated rings. The van der Waals surface area contributed by atoms with E-state index in [9.17, 15) is 5.26 Å². The van der Waals surface area contributed by atoms with E-state index < -0.39 is 0 Å². The maximum atomic E-state index is 9.27. The minimum atomic E-state index is 0.311. The molecule has 0 bridgehead atoms. The van der Waals surface area contributed by atoms with Gasteiger partial charge in [-0.25, -0.2) is 6.57 Å². The Kier molecular flexibility index (Phi) is 11.3. The zero-order valence-corrected chi connectivity index (χ0v) is 29.3. The molecule has 0 aliphatic heterocycles. The molecule has 7 rings (SSSR count). The second kappa shape index (κ2) is 15.8. The molecule has 0 radical (unpaired) electrons. The molecule has 2 nitrogen and oxygen atoms in total. The van der Waals surface area contributed by atoms with E-state index in [2.05, 4.69) is 35.2 Å². The Morgan fingerprint density at radius 3 is 1.09 bits per heavy atom. The summed E-state index contributed by atoms with van der Waals surface area (Å²) < 4.78 is 0. The van der Waals surface area contributed by atoms with Gasteiger partial charge in [0.15, 0.2) is 0 Å². The van der Waals surface area contributed by atoms with Crippen LogP contribution in [-0.2, 0) is 0 Å². The van der Waals surface area contributed by atoms with Crippen LogP contribution in [0.25, 0.3) is 4.85 Å². The summed E-state index contributed by atoms with van der Waals surface area (Å²) >= 11 is 0. The summed E-state index contributed by atoms with van der Waals surface area (Å²) in [5.41, 5.74) is 0. The Hall–Kier alpha value is -1.54. The maximum Gasteiger partial charge on any atom is 0.223 e. The van der Waals surface area contributed by atoms with Crippen LogP contribution < -0.4 is 0 Å². The van der Waals surface area contributed by atoms with Gasteiger partial charge in [0.25, 0.3) is 0 Å². The fraction of sp³-hybridized carbons (Fsp3) is 0.864. The van der Waals surface area contributed by atoms with Crippen LogP contribution in [0.5, 0.6) is 0 Å². The molecular weight excluding hydrogens is 556 g/mol. The molecule has 0 heterocycles. The van der Waals surface area contributed by atoms with Gasteiger partial charge in [0.2, 0.25) is 6.04 Å². The minimum Gasteiger partial charge on any atom is -0.314 e.